The largest absolute Gasteiger partial charge is 0.482 e. The van der Waals surface area contributed by atoms with Gasteiger partial charge < -0.3 is 20.7 Å². The van der Waals surface area contributed by atoms with Gasteiger partial charge in [-0.3, -0.25) is 14.4 Å². The second-order valence-corrected chi connectivity index (χ2v) is 8.15. The van der Waals surface area contributed by atoms with Crippen LogP contribution in [-0.4, -0.2) is 38.9 Å². The summed E-state index contributed by atoms with van der Waals surface area (Å²) in [6.45, 7) is 2.50. The van der Waals surface area contributed by atoms with Crippen molar-refractivity contribution in [2.75, 3.05) is 11.9 Å². The third kappa shape index (κ3) is 4.81. The highest BCUT2D eigenvalue weighted by Crippen LogP contribution is 2.28. The molecule has 35 heavy (non-hydrogen) atoms. The van der Waals surface area contributed by atoms with Crippen molar-refractivity contribution in [1.82, 2.24) is 25.2 Å². The molecule has 0 atom stereocenters. The summed E-state index contributed by atoms with van der Waals surface area (Å²) >= 11 is 0. The minimum atomic E-state index is -0.445. The number of fused-ring (bicyclic) bond motifs is 2. The number of anilines is 1. The molecule has 2 aromatic heterocycles. The Bertz CT molecular complexity index is 1460. The summed E-state index contributed by atoms with van der Waals surface area (Å²) in [5, 5.41) is 12.6. The SMILES string of the molecule is Cc1cccc(CNC(=O)c2cc(C(=O)NCc3ccc4c(c3)NC(=O)CO4)nc3ccnn23)c1. The Kier molecular flexibility index (Phi) is 5.84. The van der Waals surface area contributed by atoms with E-state index in [1.807, 2.05) is 31.2 Å². The first-order chi connectivity index (χ1) is 17.0. The van der Waals surface area contributed by atoms with Gasteiger partial charge in [-0.15, -0.1) is 0 Å². The Hall–Kier alpha value is -4.73. The summed E-state index contributed by atoms with van der Waals surface area (Å²) in [5.74, 6) is -0.472. The molecule has 0 bridgehead atoms. The van der Waals surface area contributed by atoms with Gasteiger partial charge in [-0.05, 0) is 30.2 Å². The zero-order valence-corrected chi connectivity index (χ0v) is 18.9. The molecule has 0 saturated carbocycles. The van der Waals surface area contributed by atoms with Gasteiger partial charge in [0.1, 0.15) is 17.1 Å². The topological polar surface area (TPSA) is 127 Å². The lowest BCUT2D eigenvalue weighted by molar-refractivity contribution is -0.118. The van der Waals surface area contributed by atoms with E-state index in [0.29, 0.717) is 23.6 Å². The predicted molar refractivity (Wildman–Crippen MR) is 127 cm³/mol. The number of aryl methyl sites for hydroxylation is 1. The summed E-state index contributed by atoms with van der Waals surface area (Å²) in [6.07, 6.45) is 1.52. The smallest absolute Gasteiger partial charge is 0.270 e. The van der Waals surface area contributed by atoms with Gasteiger partial charge in [0.2, 0.25) is 0 Å². The van der Waals surface area contributed by atoms with Crippen LogP contribution in [-0.2, 0) is 17.9 Å². The number of carbonyl (C=O) groups excluding carboxylic acids is 3. The molecule has 1 aliphatic rings. The van der Waals surface area contributed by atoms with E-state index in [1.54, 1.807) is 24.3 Å². The minimum absolute atomic E-state index is 0.0211. The molecule has 0 radical (unpaired) electrons. The van der Waals surface area contributed by atoms with Crippen molar-refractivity contribution in [2.45, 2.75) is 20.0 Å². The summed E-state index contributed by atoms with van der Waals surface area (Å²) in [5.41, 5.74) is 4.06. The van der Waals surface area contributed by atoms with E-state index in [4.69, 9.17) is 4.74 Å². The first kappa shape index (κ1) is 22.1. The van der Waals surface area contributed by atoms with E-state index < -0.39 is 5.91 Å². The highest BCUT2D eigenvalue weighted by atomic mass is 16.5. The Morgan fingerprint density at radius 1 is 1.03 bits per heavy atom. The van der Waals surface area contributed by atoms with Crippen LogP contribution >= 0.6 is 0 Å². The summed E-state index contributed by atoms with van der Waals surface area (Å²) in [7, 11) is 0. The van der Waals surface area contributed by atoms with E-state index in [1.165, 1.54) is 16.8 Å². The Labute approximate surface area is 200 Å². The first-order valence-corrected chi connectivity index (χ1v) is 11.0. The van der Waals surface area contributed by atoms with Crippen LogP contribution in [0.1, 0.15) is 37.7 Å². The van der Waals surface area contributed by atoms with E-state index in [2.05, 4.69) is 26.0 Å². The van der Waals surface area contributed by atoms with Crippen LogP contribution < -0.4 is 20.7 Å². The van der Waals surface area contributed by atoms with Crippen molar-refractivity contribution in [3.63, 3.8) is 0 Å². The van der Waals surface area contributed by atoms with Crippen LogP contribution in [0.4, 0.5) is 5.69 Å². The van der Waals surface area contributed by atoms with Crippen LogP contribution in [0, 0.1) is 6.92 Å². The fourth-order valence-corrected chi connectivity index (χ4v) is 3.80. The van der Waals surface area contributed by atoms with Gasteiger partial charge in [0.15, 0.2) is 12.3 Å². The zero-order valence-electron chi connectivity index (χ0n) is 18.9. The molecule has 3 amide bonds. The maximum atomic E-state index is 13.0. The number of amides is 3. The molecule has 3 N–H and O–H groups in total. The lowest BCUT2D eigenvalue weighted by Crippen LogP contribution is -2.28. The van der Waals surface area contributed by atoms with Crippen molar-refractivity contribution < 1.29 is 19.1 Å². The maximum absolute atomic E-state index is 13.0. The van der Waals surface area contributed by atoms with Gasteiger partial charge >= 0.3 is 0 Å². The van der Waals surface area contributed by atoms with Crippen LogP contribution in [0.15, 0.2) is 60.8 Å². The van der Waals surface area contributed by atoms with E-state index in [9.17, 15) is 14.4 Å². The number of nitrogens with one attached hydrogen (secondary N) is 3. The molecule has 1 aliphatic heterocycles. The molecule has 0 saturated heterocycles. The fraction of sp³-hybridized carbons (Fsp3) is 0.160. The van der Waals surface area contributed by atoms with Crippen LogP contribution in [0.2, 0.25) is 0 Å². The fourth-order valence-electron chi connectivity index (χ4n) is 3.80. The summed E-state index contributed by atoms with van der Waals surface area (Å²) in [4.78, 5) is 41.7. The van der Waals surface area contributed by atoms with Gasteiger partial charge in [-0.2, -0.15) is 5.10 Å². The Morgan fingerprint density at radius 2 is 1.83 bits per heavy atom. The second kappa shape index (κ2) is 9.26. The van der Waals surface area contributed by atoms with Crippen molar-refractivity contribution in [3.8, 4) is 5.75 Å². The highest BCUT2D eigenvalue weighted by Gasteiger charge is 2.19. The van der Waals surface area contributed by atoms with Crippen LogP contribution in [0.3, 0.4) is 0 Å². The quantitative estimate of drug-likeness (QED) is 0.397. The molecule has 10 nitrogen and oxygen atoms in total. The monoisotopic (exact) mass is 470 g/mol. The standard InChI is InChI=1S/C25H22N6O4/c1-15-3-2-4-16(9-15)12-27-25(34)20-11-19(29-22-7-8-28-31(20)22)24(33)26-13-17-5-6-21-18(10-17)30-23(32)14-35-21/h2-11H,12-14H2,1H3,(H,26,33)(H,27,34)(H,30,32). The van der Waals surface area contributed by atoms with Crippen molar-refractivity contribution in [1.29, 1.82) is 0 Å². The third-order valence-electron chi connectivity index (χ3n) is 5.49. The normalized spacial score (nSPS) is 12.4. The van der Waals surface area contributed by atoms with Crippen LogP contribution in [0.25, 0.3) is 5.65 Å². The number of nitrogens with zero attached hydrogens (tertiary/aromatic N) is 3. The molecule has 0 unspecified atom stereocenters. The van der Waals surface area contributed by atoms with E-state index in [-0.39, 0.29) is 36.4 Å². The average Bonchev–Trinajstić information content (AvgIpc) is 3.34. The summed E-state index contributed by atoms with van der Waals surface area (Å²) in [6, 6.07) is 16.2. The van der Waals surface area contributed by atoms with Crippen molar-refractivity contribution in [2.24, 2.45) is 0 Å². The number of ether oxygens (including phenoxy) is 1. The van der Waals surface area contributed by atoms with Crippen molar-refractivity contribution in [3.05, 3.63) is 88.9 Å². The minimum Gasteiger partial charge on any atom is -0.482 e. The molecule has 3 heterocycles. The lowest BCUT2D eigenvalue weighted by atomic mass is 10.1. The highest BCUT2D eigenvalue weighted by molar-refractivity contribution is 5.98. The van der Waals surface area contributed by atoms with Gasteiger partial charge in [-0.1, -0.05) is 35.9 Å². The number of aromatic nitrogens is 3. The second-order valence-electron chi connectivity index (χ2n) is 8.15. The molecular formula is C25H22N6O4. The molecule has 4 aromatic rings. The Balaban J connectivity index is 1.31. The molecule has 0 fully saturated rings. The maximum Gasteiger partial charge on any atom is 0.270 e. The van der Waals surface area contributed by atoms with Gasteiger partial charge in [-0.25, -0.2) is 9.50 Å². The van der Waals surface area contributed by atoms with Crippen LogP contribution in [0.5, 0.6) is 5.75 Å². The van der Waals surface area contributed by atoms with Crippen molar-refractivity contribution >= 4 is 29.1 Å². The Morgan fingerprint density at radius 3 is 2.66 bits per heavy atom. The summed E-state index contributed by atoms with van der Waals surface area (Å²) < 4.78 is 6.75. The lowest BCUT2D eigenvalue weighted by Gasteiger charge is -2.18. The molecule has 2 aromatic carbocycles. The van der Waals surface area contributed by atoms with Gasteiger partial charge in [0, 0.05) is 25.2 Å². The molecule has 5 rings (SSSR count). The van der Waals surface area contributed by atoms with E-state index in [0.717, 1.165) is 16.7 Å². The predicted octanol–water partition coefficient (Wildman–Crippen LogP) is 2.23. The number of hydrogen-bond donors (Lipinski definition) is 3. The molecular weight excluding hydrogens is 448 g/mol. The average molecular weight is 470 g/mol. The molecule has 0 spiro atoms. The number of hydrogen-bond acceptors (Lipinski definition) is 6. The van der Waals surface area contributed by atoms with Gasteiger partial charge in [0.25, 0.3) is 17.7 Å². The van der Waals surface area contributed by atoms with E-state index >= 15 is 0 Å². The third-order valence-corrected chi connectivity index (χ3v) is 5.49. The first-order valence-electron chi connectivity index (χ1n) is 11.0. The number of benzene rings is 2. The number of carbonyl (C=O) groups is 3. The van der Waals surface area contributed by atoms with Gasteiger partial charge in [0.05, 0.1) is 11.9 Å². The molecule has 10 heteroatoms. The molecule has 176 valence electrons. The molecule has 0 aliphatic carbocycles. The zero-order chi connectivity index (χ0) is 24.4. The number of rotatable bonds is 6.